The molecule has 18 atom stereocenters. The number of nitrogens with one attached hydrogen (secondary N) is 9. The summed E-state index contributed by atoms with van der Waals surface area (Å²) in [6.45, 7) is 8.23. The quantitative estimate of drug-likeness (QED) is 0.0118. The summed E-state index contributed by atoms with van der Waals surface area (Å²) < 4.78 is 29.8. The van der Waals surface area contributed by atoms with E-state index in [1.807, 2.05) is 19.1 Å². The Balaban J connectivity index is 0.909. The number of aromatic amines is 1. The molecule has 4 aromatic carbocycles. The number of phenols is 1. The number of hydrogen-bond acceptors (Lipinski definition) is 26. The summed E-state index contributed by atoms with van der Waals surface area (Å²) in [7, 11) is 9.78. The van der Waals surface area contributed by atoms with Gasteiger partial charge < -0.3 is 108 Å². The average molecular weight is 1790 g/mol. The Morgan fingerprint density at radius 2 is 1.50 bits per heavy atom. The van der Waals surface area contributed by atoms with E-state index in [2.05, 4.69) is 47.5 Å². The van der Waals surface area contributed by atoms with Crippen LogP contribution in [-0.4, -0.2) is 250 Å². The molecule has 122 heavy (non-hydrogen) atoms. The number of hydrogen-bond donors (Lipinski definition) is 15. The molecule has 0 radical (unpaired) electrons. The van der Waals surface area contributed by atoms with Crippen LogP contribution in [0.3, 0.4) is 0 Å². The monoisotopic (exact) mass is 1790 g/mol. The van der Waals surface area contributed by atoms with E-state index in [1.54, 1.807) is 86.8 Å². The molecule has 664 valence electrons. The van der Waals surface area contributed by atoms with Gasteiger partial charge in [0.1, 0.15) is 88.8 Å². The van der Waals surface area contributed by atoms with Gasteiger partial charge in [-0.25, -0.2) is 9.59 Å². The highest BCUT2D eigenvalue weighted by atomic mass is 35.5. The minimum atomic E-state index is -1.92. The van der Waals surface area contributed by atoms with Crippen LogP contribution in [0.2, 0.25) is 5.02 Å². The smallest absolute Gasteiger partial charge is 0.409 e. The molecule has 39 heteroatoms. The number of amides is 11. The third-order valence-corrected chi connectivity index (χ3v) is 27.2. The number of nitrogens with two attached hydrogens (primary N) is 3. The second-order valence-electron chi connectivity index (χ2n) is 31.2. The number of halogens is 1. The fraction of sp³-hybridized carbons (Fsp3) is 0.518. The van der Waals surface area contributed by atoms with E-state index in [4.69, 9.17) is 52.5 Å². The lowest BCUT2D eigenvalue weighted by atomic mass is 9.83. The Bertz CT molecular complexity index is 4560. The molecule has 3 saturated heterocycles. The van der Waals surface area contributed by atoms with Gasteiger partial charge in [0.15, 0.2) is 5.72 Å². The topological polar surface area (TPSA) is 512 Å². The largest absolute Gasteiger partial charge is 0.508 e. The number of ether oxygens (including phenoxy) is 5. The number of aliphatic hydroxyl groups is 2. The highest BCUT2D eigenvalue weighted by molar-refractivity contribution is 8.77. The lowest BCUT2D eigenvalue weighted by Crippen LogP contribution is -2.63. The molecule has 5 aromatic rings. The number of anilines is 1. The number of aromatic nitrogens is 1. The van der Waals surface area contributed by atoms with Gasteiger partial charge in [0.2, 0.25) is 59.1 Å². The number of methoxy groups -OCH3 is 2. The van der Waals surface area contributed by atoms with E-state index in [0.717, 1.165) is 53.6 Å². The normalized spacial score (nSPS) is 26.7. The third-order valence-electron chi connectivity index (χ3n) is 22.0. The Morgan fingerprint density at radius 1 is 0.828 bits per heavy atom. The molecular weight excluding hydrogens is 1680 g/mol. The molecular formula is C83H111ClN14O20S4. The van der Waals surface area contributed by atoms with Crippen LogP contribution in [0.25, 0.3) is 10.9 Å². The number of nitrogens with zero attached hydrogens (tertiary/aromatic N) is 2. The number of H-pyrrole nitrogens is 1. The predicted octanol–water partition coefficient (Wildman–Crippen LogP) is 3.39. The minimum Gasteiger partial charge on any atom is -0.508 e. The molecule has 0 spiro atoms. The first-order chi connectivity index (χ1) is 58.0. The maximum atomic E-state index is 15.1. The van der Waals surface area contributed by atoms with Crippen molar-refractivity contribution < 1.29 is 96.5 Å². The second kappa shape index (κ2) is 44.8. The maximum Gasteiger partial charge on any atom is 0.409 e. The zero-order valence-electron chi connectivity index (χ0n) is 69.4. The lowest BCUT2D eigenvalue weighted by molar-refractivity contribution is -0.162. The molecule has 18 N–H and O–H groups in total. The number of unbranched alkanes of at least 4 members (excludes halogenated alkanes) is 1. The van der Waals surface area contributed by atoms with Gasteiger partial charge >= 0.3 is 12.1 Å². The number of fused-ring (bicyclic) bond motifs is 6. The van der Waals surface area contributed by atoms with Gasteiger partial charge in [0, 0.05) is 92.9 Å². The van der Waals surface area contributed by atoms with E-state index in [9.17, 15) is 63.3 Å². The fourth-order valence-electron chi connectivity index (χ4n) is 14.5. The Hall–Kier alpha value is -9.35. The lowest BCUT2D eigenvalue weighted by Gasteiger charge is -2.42. The summed E-state index contributed by atoms with van der Waals surface area (Å²) in [5, 5.41) is 55.7. The maximum absolute atomic E-state index is 15.1. The van der Waals surface area contributed by atoms with Crippen molar-refractivity contribution in [2.45, 2.75) is 201 Å². The summed E-state index contributed by atoms with van der Waals surface area (Å²) in [5.74, 6) is -10.7. The molecule has 11 amide bonds. The number of para-hydroxylation sites is 1. The molecule has 1 aromatic heterocycles. The van der Waals surface area contributed by atoms with Crippen molar-refractivity contribution in [2.24, 2.45) is 29.0 Å². The van der Waals surface area contributed by atoms with Crippen molar-refractivity contribution in [2.75, 3.05) is 62.8 Å². The van der Waals surface area contributed by atoms with Crippen LogP contribution in [0.15, 0.2) is 109 Å². The van der Waals surface area contributed by atoms with Gasteiger partial charge in [-0.1, -0.05) is 141 Å². The van der Waals surface area contributed by atoms with E-state index in [0.29, 0.717) is 58.3 Å². The molecule has 4 bridgehead atoms. The van der Waals surface area contributed by atoms with Gasteiger partial charge in [-0.2, -0.15) is 0 Å². The number of alkyl carbamates (subject to hydrolysis) is 1. The number of carbonyl (C=O) groups is 12. The number of allylic oxidation sites excluding steroid dienone is 1. The van der Waals surface area contributed by atoms with Crippen molar-refractivity contribution in [3.63, 3.8) is 0 Å². The van der Waals surface area contributed by atoms with Crippen LogP contribution in [0.4, 0.5) is 10.5 Å². The summed E-state index contributed by atoms with van der Waals surface area (Å²) in [4.78, 5) is 179. The van der Waals surface area contributed by atoms with Crippen molar-refractivity contribution in [1.82, 2.24) is 52.4 Å². The third kappa shape index (κ3) is 26.1. The standard InChI is InChI=1S/C83H111ClN14O20S4/c1-44-18-17-24-65(115-9)83(113)39-64(116-81(112)96-83)45(2)71-82(5,118-71)66(38-68(102)98(7)62-35-50(32-44)36-63(114-8)69(62)84)117-80(111)46(3)97(6)67(101)29-31-119-120-41-59(72(87)103)92-78(109)61-43-122-121-42-60(93-73(104)54(86)33-48-19-11-10-12-20-48)77(108)90-57(34-49-25-27-52(100)28-26-49)75(106)91-58(37-51-40-88-55-22-14-13-21-53(51)55)76(107)89-56(23-15-16-30-85)74(105)95-70(47(4)99)79(110)94-61/h10-14,17,19-22,24-28,35-36,40,44-47,54,56-61,64-66,70-71,88,99-100,113H,15-16,18,23,29-34,37-39,41-43,85-86H2,1-9H3,(H2,87,103)(H,89,107)(H,90,108)(H,91,106)(H,92,109)(H,93,104)(H,94,110)(H,95,105)(H,96,112)/b24-17+/t44?,45-,46+,47-,54-,56+,57+,58-,59+,60+,61+,64+,65-,66+,70+,71+,82+,83+/m1/s1. The number of phenolic OH excluding ortho intramolecular Hbond substituents is 1. The number of esters is 1. The summed E-state index contributed by atoms with van der Waals surface area (Å²) in [6.07, 6.45) is -1.03. The van der Waals surface area contributed by atoms with Crippen molar-refractivity contribution in [3.8, 4) is 11.5 Å². The zero-order chi connectivity index (χ0) is 88.9. The predicted molar refractivity (Wildman–Crippen MR) is 465 cm³/mol. The molecule has 0 aliphatic carbocycles. The van der Waals surface area contributed by atoms with Crippen LogP contribution < -0.4 is 69.4 Å². The zero-order valence-corrected chi connectivity index (χ0v) is 73.4. The van der Waals surface area contributed by atoms with Gasteiger partial charge in [-0.15, -0.1) is 0 Å². The molecule has 3 fully saturated rings. The first-order valence-corrected chi connectivity index (χ1v) is 45.5. The van der Waals surface area contributed by atoms with Gasteiger partial charge in [0.25, 0.3) is 0 Å². The number of benzene rings is 4. The summed E-state index contributed by atoms with van der Waals surface area (Å²) >= 11 is 6.91. The van der Waals surface area contributed by atoms with E-state index < -0.39 is 180 Å². The molecule has 4 aliphatic heterocycles. The van der Waals surface area contributed by atoms with Crippen molar-refractivity contribution in [3.05, 3.63) is 137 Å². The van der Waals surface area contributed by atoms with Gasteiger partial charge in [0.05, 0.1) is 37.5 Å². The Kier molecular flexibility index (Phi) is 35.4. The van der Waals surface area contributed by atoms with Gasteiger partial charge in [-0.3, -0.25) is 53.3 Å². The number of epoxide rings is 1. The molecule has 9 rings (SSSR count). The number of rotatable bonds is 27. The molecule has 1 unspecified atom stereocenters. The molecule has 4 aliphatic rings. The van der Waals surface area contributed by atoms with Crippen molar-refractivity contribution >= 4 is 143 Å². The number of aliphatic hydroxyl groups excluding tert-OH is 1. The van der Waals surface area contributed by atoms with Crippen molar-refractivity contribution in [1.29, 1.82) is 0 Å². The van der Waals surface area contributed by atoms with Crippen LogP contribution in [-0.2, 0) is 97.4 Å². The first-order valence-electron chi connectivity index (χ1n) is 40.1. The second-order valence-corrected chi connectivity index (χ2v) is 36.8. The molecule has 34 nitrogen and oxygen atoms in total. The SMILES string of the molecule is COc1cc2cc(c1Cl)N(C)C(=O)C[C@H](OC(=O)[C@H](C)N(C)C(=O)CCSSC[C@H](NC(=O)[C@@H]1CSSC[C@H](NC(=O)[C@H](N)Cc3ccccc3)C(=O)N[C@@H](Cc3ccc(O)cc3)C(=O)N[C@H](Cc3c[nH]c4ccccc34)C(=O)N[C@@H](CCCCN)C(=O)N[C@@H]([C@@H](C)O)C(=O)N1)C(N)=O)[C@]1(C)O[C@H]1[C@H](C)[C@@H]1C[C@@](O)(NC(=O)O1)[C@H](OC)/C=C/CC(C)C2. The van der Waals surface area contributed by atoms with Crippen LogP contribution in [0.5, 0.6) is 11.5 Å². The van der Waals surface area contributed by atoms with Crippen LogP contribution in [0.1, 0.15) is 102 Å². The first kappa shape index (κ1) is 96.5. The van der Waals surface area contributed by atoms with Crippen LogP contribution >= 0.6 is 54.8 Å². The Labute approximate surface area is 728 Å². The number of carbonyl (C=O) groups excluding carboxylic acids is 12. The molecule has 0 saturated carbocycles. The summed E-state index contributed by atoms with van der Waals surface area (Å²) in [6, 6.07) is 12.1. The Morgan fingerprint density at radius 3 is 2.19 bits per heavy atom. The van der Waals surface area contributed by atoms with E-state index in [1.165, 1.54) is 71.3 Å². The van der Waals surface area contributed by atoms with E-state index in [-0.39, 0.29) is 91.2 Å². The average Bonchev–Trinajstić information content (AvgIpc) is 1.57. The van der Waals surface area contributed by atoms with Gasteiger partial charge in [-0.05, 0) is 124 Å². The van der Waals surface area contributed by atoms with E-state index >= 15 is 9.59 Å². The number of primary amides is 1. The highest BCUT2D eigenvalue weighted by Gasteiger charge is 2.65. The van der Waals surface area contributed by atoms with Crippen LogP contribution in [0, 0.1) is 11.8 Å². The molecule has 5 heterocycles. The minimum absolute atomic E-state index is 0.00902. The summed E-state index contributed by atoms with van der Waals surface area (Å²) in [5.41, 5.74) is 18.5. The number of likely N-dealkylation sites (N-methyl/N-ethyl adjacent to an activating group) is 1. The highest BCUT2D eigenvalue weighted by Crippen LogP contribution is 2.49. The fourth-order valence-corrected chi connectivity index (χ4v) is 19.3. The number of aromatic hydroxyl groups is 1.